The SMILES string of the molecule is C#CC(CCCCCCOCc1ccccc1)OCc1ccccc1. The number of hydrogen-bond acceptors (Lipinski definition) is 2. The van der Waals surface area contributed by atoms with Crippen molar-refractivity contribution >= 4 is 0 Å². The van der Waals surface area contributed by atoms with E-state index in [0.29, 0.717) is 13.2 Å². The first-order valence-corrected chi connectivity index (χ1v) is 9.12. The van der Waals surface area contributed by atoms with Gasteiger partial charge >= 0.3 is 0 Å². The summed E-state index contributed by atoms with van der Waals surface area (Å²) >= 11 is 0. The Balaban J connectivity index is 1.46. The third kappa shape index (κ3) is 8.54. The summed E-state index contributed by atoms with van der Waals surface area (Å²) in [6, 6.07) is 20.5. The van der Waals surface area contributed by atoms with Crippen molar-refractivity contribution in [2.75, 3.05) is 6.61 Å². The molecule has 0 amide bonds. The van der Waals surface area contributed by atoms with Gasteiger partial charge in [0.25, 0.3) is 0 Å². The molecule has 1 atom stereocenters. The Bertz CT molecular complexity index is 601. The molecule has 0 fully saturated rings. The Kier molecular flexibility index (Phi) is 9.47. The highest BCUT2D eigenvalue weighted by Crippen LogP contribution is 2.11. The van der Waals surface area contributed by atoms with Crippen molar-refractivity contribution in [1.29, 1.82) is 0 Å². The van der Waals surface area contributed by atoms with Crippen LogP contribution in [0.4, 0.5) is 0 Å². The topological polar surface area (TPSA) is 18.5 Å². The second-order valence-electron chi connectivity index (χ2n) is 6.19. The van der Waals surface area contributed by atoms with Crippen LogP contribution in [0, 0.1) is 12.3 Å². The summed E-state index contributed by atoms with van der Waals surface area (Å²) in [5, 5.41) is 0. The van der Waals surface area contributed by atoms with Crippen LogP contribution in [0.15, 0.2) is 60.7 Å². The van der Waals surface area contributed by atoms with Gasteiger partial charge in [0.05, 0.1) is 13.2 Å². The molecule has 0 radical (unpaired) electrons. The predicted molar refractivity (Wildman–Crippen MR) is 103 cm³/mol. The van der Waals surface area contributed by atoms with Crippen LogP contribution < -0.4 is 0 Å². The zero-order chi connectivity index (χ0) is 17.6. The zero-order valence-electron chi connectivity index (χ0n) is 14.9. The lowest BCUT2D eigenvalue weighted by Crippen LogP contribution is -2.10. The molecule has 0 N–H and O–H groups in total. The Morgan fingerprint density at radius 1 is 0.760 bits per heavy atom. The molecule has 2 aromatic carbocycles. The normalized spacial score (nSPS) is 11.8. The second-order valence-corrected chi connectivity index (χ2v) is 6.19. The van der Waals surface area contributed by atoms with Gasteiger partial charge in [-0.15, -0.1) is 6.42 Å². The quantitative estimate of drug-likeness (QED) is 0.383. The number of unbranched alkanes of at least 4 members (excludes halogenated alkanes) is 3. The number of rotatable bonds is 12. The van der Waals surface area contributed by atoms with E-state index in [9.17, 15) is 0 Å². The fourth-order valence-corrected chi connectivity index (χ4v) is 2.64. The molecule has 0 aliphatic rings. The van der Waals surface area contributed by atoms with E-state index in [-0.39, 0.29) is 6.10 Å². The van der Waals surface area contributed by atoms with Gasteiger partial charge in [-0.25, -0.2) is 0 Å². The Morgan fingerprint density at radius 3 is 2.00 bits per heavy atom. The molecule has 0 aliphatic heterocycles. The average Bonchev–Trinajstić information content (AvgIpc) is 2.68. The first kappa shape index (κ1) is 19.2. The van der Waals surface area contributed by atoms with Gasteiger partial charge in [-0.2, -0.15) is 0 Å². The third-order valence-electron chi connectivity index (χ3n) is 4.10. The fraction of sp³-hybridized carbons (Fsp3) is 0.391. The lowest BCUT2D eigenvalue weighted by molar-refractivity contribution is 0.0706. The van der Waals surface area contributed by atoms with Gasteiger partial charge in [-0.3, -0.25) is 0 Å². The Morgan fingerprint density at radius 2 is 1.36 bits per heavy atom. The molecule has 0 bridgehead atoms. The summed E-state index contributed by atoms with van der Waals surface area (Å²) in [4.78, 5) is 0. The predicted octanol–water partition coefficient (Wildman–Crippen LogP) is 5.37. The standard InChI is InChI=1S/C23H28O2/c1-2-23(25-20-22-15-9-6-10-16-22)17-11-3-4-12-18-24-19-21-13-7-5-8-14-21/h1,5-10,13-16,23H,3-4,11-12,17-20H2. The van der Waals surface area contributed by atoms with Crippen molar-refractivity contribution in [2.24, 2.45) is 0 Å². The zero-order valence-corrected chi connectivity index (χ0v) is 14.9. The van der Waals surface area contributed by atoms with Crippen LogP contribution in [-0.4, -0.2) is 12.7 Å². The number of terminal acetylenes is 1. The summed E-state index contributed by atoms with van der Waals surface area (Å²) in [6.45, 7) is 2.11. The lowest BCUT2D eigenvalue weighted by atomic mass is 10.1. The van der Waals surface area contributed by atoms with E-state index in [0.717, 1.165) is 25.9 Å². The minimum Gasteiger partial charge on any atom is -0.377 e. The molecular weight excluding hydrogens is 308 g/mol. The lowest BCUT2D eigenvalue weighted by Gasteiger charge is -2.12. The molecule has 0 aliphatic carbocycles. The maximum absolute atomic E-state index is 5.81. The molecule has 0 spiro atoms. The highest BCUT2D eigenvalue weighted by molar-refractivity contribution is 5.14. The number of ether oxygens (including phenoxy) is 2. The van der Waals surface area contributed by atoms with Gasteiger partial charge in [-0.05, 0) is 30.4 Å². The first-order chi connectivity index (χ1) is 12.4. The van der Waals surface area contributed by atoms with Crippen molar-refractivity contribution < 1.29 is 9.47 Å². The summed E-state index contributed by atoms with van der Waals surface area (Å²) in [5.41, 5.74) is 2.40. The molecule has 2 nitrogen and oxygen atoms in total. The van der Waals surface area contributed by atoms with Crippen LogP contribution >= 0.6 is 0 Å². The Hall–Kier alpha value is -2.08. The number of hydrogen-bond donors (Lipinski definition) is 0. The van der Waals surface area contributed by atoms with Crippen molar-refractivity contribution in [1.82, 2.24) is 0 Å². The van der Waals surface area contributed by atoms with Crippen LogP contribution in [0.1, 0.15) is 43.2 Å². The highest BCUT2D eigenvalue weighted by Gasteiger charge is 2.05. The maximum Gasteiger partial charge on any atom is 0.118 e. The van der Waals surface area contributed by atoms with E-state index < -0.39 is 0 Å². The molecule has 0 aromatic heterocycles. The molecule has 2 heteroatoms. The van der Waals surface area contributed by atoms with Crippen LogP contribution in [0.3, 0.4) is 0 Å². The van der Waals surface area contributed by atoms with Gasteiger partial charge in [0.2, 0.25) is 0 Å². The summed E-state index contributed by atoms with van der Waals surface area (Å²) in [7, 11) is 0. The van der Waals surface area contributed by atoms with Gasteiger partial charge in [-0.1, -0.05) is 79.4 Å². The molecule has 0 saturated heterocycles. The van der Waals surface area contributed by atoms with E-state index >= 15 is 0 Å². The highest BCUT2D eigenvalue weighted by atomic mass is 16.5. The average molecular weight is 336 g/mol. The van der Waals surface area contributed by atoms with Gasteiger partial charge in [0, 0.05) is 6.61 Å². The summed E-state index contributed by atoms with van der Waals surface area (Å²) in [6.07, 6.45) is 10.9. The van der Waals surface area contributed by atoms with Crippen molar-refractivity contribution in [3.05, 3.63) is 71.8 Å². The molecule has 2 aromatic rings. The monoisotopic (exact) mass is 336 g/mol. The van der Waals surface area contributed by atoms with Gasteiger partial charge in [0.15, 0.2) is 0 Å². The summed E-state index contributed by atoms with van der Waals surface area (Å²) in [5.74, 6) is 2.75. The maximum atomic E-state index is 5.81. The van der Waals surface area contributed by atoms with Crippen LogP contribution in [-0.2, 0) is 22.7 Å². The molecule has 25 heavy (non-hydrogen) atoms. The first-order valence-electron chi connectivity index (χ1n) is 9.12. The van der Waals surface area contributed by atoms with Crippen molar-refractivity contribution in [3.8, 4) is 12.3 Å². The molecule has 0 saturated carbocycles. The van der Waals surface area contributed by atoms with E-state index in [4.69, 9.17) is 15.9 Å². The summed E-state index contributed by atoms with van der Waals surface area (Å²) < 4.78 is 11.5. The molecule has 0 heterocycles. The van der Waals surface area contributed by atoms with Crippen molar-refractivity contribution in [3.63, 3.8) is 0 Å². The van der Waals surface area contributed by atoms with Gasteiger partial charge in [0.1, 0.15) is 6.10 Å². The molecule has 1 unspecified atom stereocenters. The Labute approximate surface area is 152 Å². The molecule has 132 valence electrons. The van der Waals surface area contributed by atoms with Gasteiger partial charge < -0.3 is 9.47 Å². The fourth-order valence-electron chi connectivity index (χ4n) is 2.64. The van der Waals surface area contributed by atoms with Crippen molar-refractivity contribution in [2.45, 2.75) is 51.4 Å². The van der Waals surface area contributed by atoms with Crippen LogP contribution in [0.5, 0.6) is 0 Å². The number of benzene rings is 2. The molecule has 2 rings (SSSR count). The smallest absolute Gasteiger partial charge is 0.118 e. The van der Waals surface area contributed by atoms with E-state index in [1.165, 1.54) is 24.0 Å². The minimum atomic E-state index is -0.0884. The molecular formula is C23H28O2. The van der Waals surface area contributed by atoms with E-state index in [2.05, 4.69) is 30.2 Å². The largest absolute Gasteiger partial charge is 0.377 e. The second kappa shape index (κ2) is 12.3. The van der Waals surface area contributed by atoms with Crippen LogP contribution in [0.2, 0.25) is 0 Å². The van der Waals surface area contributed by atoms with Crippen LogP contribution in [0.25, 0.3) is 0 Å². The third-order valence-corrected chi connectivity index (χ3v) is 4.10. The van der Waals surface area contributed by atoms with E-state index in [1.54, 1.807) is 0 Å². The van der Waals surface area contributed by atoms with E-state index in [1.807, 2.05) is 36.4 Å². The minimum absolute atomic E-state index is 0.0884.